The standard InChI is InChI=1S/C13H19N3O2/c1-9-8-16(5-4-13(9,3)18)12(17)11-6-14-10(2)15-7-11/h6-7,9,18H,4-5,8H2,1-3H3/t9-,13+/m0/s1. The number of carbonyl (C=O) groups excluding carboxylic acids is 1. The third-order valence-electron chi connectivity index (χ3n) is 3.76. The molecule has 2 heterocycles. The van der Waals surface area contributed by atoms with Gasteiger partial charge in [-0.2, -0.15) is 0 Å². The summed E-state index contributed by atoms with van der Waals surface area (Å²) in [5.41, 5.74) is -0.171. The summed E-state index contributed by atoms with van der Waals surface area (Å²) < 4.78 is 0. The van der Waals surface area contributed by atoms with E-state index in [4.69, 9.17) is 0 Å². The second-order valence-corrected chi connectivity index (χ2v) is 5.28. The monoisotopic (exact) mass is 249 g/mol. The number of hydrogen-bond acceptors (Lipinski definition) is 4. The average Bonchev–Trinajstić information content (AvgIpc) is 2.33. The number of aliphatic hydroxyl groups is 1. The highest BCUT2D eigenvalue weighted by Gasteiger charge is 2.36. The molecule has 0 aromatic carbocycles. The molecule has 2 rings (SSSR count). The van der Waals surface area contributed by atoms with Crippen molar-refractivity contribution in [2.75, 3.05) is 13.1 Å². The van der Waals surface area contributed by atoms with Crippen LogP contribution >= 0.6 is 0 Å². The summed E-state index contributed by atoms with van der Waals surface area (Å²) in [6.45, 7) is 6.72. The molecule has 1 saturated heterocycles. The lowest BCUT2D eigenvalue weighted by atomic mass is 9.84. The minimum Gasteiger partial charge on any atom is -0.390 e. The van der Waals surface area contributed by atoms with Crippen LogP contribution in [0.4, 0.5) is 0 Å². The van der Waals surface area contributed by atoms with Crippen molar-refractivity contribution < 1.29 is 9.90 Å². The minimum atomic E-state index is -0.680. The van der Waals surface area contributed by atoms with Gasteiger partial charge in [0.1, 0.15) is 5.82 Å². The summed E-state index contributed by atoms with van der Waals surface area (Å²) in [7, 11) is 0. The van der Waals surface area contributed by atoms with Crippen LogP contribution in [-0.4, -0.2) is 44.6 Å². The fourth-order valence-electron chi connectivity index (χ4n) is 2.10. The lowest BCUT2D eigenvalue weighted by Crippen LogP contribution is -2.50. The highest BCUT2D eigenvalue weighted by Crippen LogP contribution is 2.27. The molecular weight excluding hydrogens is 230 g/mol. The number of hydrogen-bond donors (Lipinski definition) is 1. The van der Waals surface area contributed by atoms with Gasteiger partial charge in [0.25, 0.3) is 5.91 Å². The van der Waals surface area contributed by atoms with Crippen LogP contribution in [0.25, 0.3) is 0 Å². The SMILES string of the molecule is Cc1ncc(C(=O)N2CC[C@@](C)(O)[C@@H](C)C2)cn1. The molecule has 1 aromatic heterocycles. The van der Waals surface area contributed by atoms with Crippen molar-refractivity contribution in [3.8, 4) is 0 Å². The van der Waals surface area contributed by atoms with Gasteiger partial charge in [-0.25, -0.2) is 9.97 Å². The second-order valence-electron chi connectivity index (χ2n) is 5.28. The minimum absolute atomic E-state index is 0.0580. The van der Waals surface area contributed by atoms with Gasteiger partial charge in [0.05, 0.1) is 11.2 Å². The molecule has 98 valence electrons. The topological polar surface area (TPSA) is 66.3 Å². The van der Waals surface area contributed by atoms with Gasteiger partial charge in [0.15, 0.2) is 0 Å². The van der Waals surface area contributed by atoms with Crippen molar-refractivity contribution in [3.05, 3.63) is 23.8 Å². The first-order valence-corrected chi connectivity index (χ1v) is 6.20. The first kappa shape index (κ1) is 13.0. The van der Waals surface area contributed by atoms with E-state index in [9.17, 15) is 9.90 Å². The van der Waals surface area contributed by atoms with E-state index in [1.807, 2.05) is 13.8 Å². The summed E-state index contributed by atoms with van der Waals surface area (Å²) in [5.74, 6) is 0.667. The maximum absolute atomic E-state index is 12.2. The van der Waals surface area contributed by atoms with Crippen molar-refractivity contribution >= 4 is 5.91 Å². The van der Waals surface area contributed by atoms with E-state index in [0.29, 0.717) is 30.9 Å². The van der Waals surface area contributed by atoms with E-state index < -0.39 is 5.60 Å². The lowest BCUT2D eigenvalue weighted by molar-refractivity contribution is -0.0439. The molecule has 1 fully saturated rings. The number of aryl methyl sites for hydroxylation is 1. The Morgan fingerprint density at radius 3 is 2.67 bits per heavy atom. The van der Waals surface area contributed by atoms with Crippen LogP contribution in [0.5, 0.6) is 0 Å². The molecule has 0 bridgehead atoms. The van der Waals surface area contributed by atoms with Gasteiger partial charge in [-0.15, -0.1) is 0 Å². The zero-order valence-corrected chi connectivity index (χ0v) is 11.1. The third kappa shape index (κ3) is 2.51. The number of piperidine rings is 1. The Morgan fingerprint density at radius 1 is 1.50 bits per heavy atom. The number of rotatable bonds is 1. The van der Waals surface area contributed by atoms with Crippen LogP contribution in [0.2, 0.25) is 0 Å². The summed E-state index contributed by atoms with van der Waals surface area (Å²) >= 11 is 0. The predicted octanol–water partition coefficient (Wildman–Crippen LogP) is 1.02. The molecule has 0 aliphatic carbocycles. The third-order valence-corrected chi connectivity index (χ3v) is 3.76. The molecule has 5 nitrogen and oxygen atoms in total. The highest BCUT2D eigenvalue weighted by atomic mass is 16.3. The molecule has 1 aliphatic rings. The molecule has 5 heteroatoms. The fraction of sp³-hybridized carbons (Fsp3) is 0.615. The molecule has 1 aliphatic heterocycles. The molecule has 0 spiro atoms. The summed E-state index contributed by atoms with van der Waals surface area (Å²) in [6.07, 6.45) is 3.72. The number of nitrogens with zero attached hydrogens (tertiary/aromatic N) is 3. The van der Waals surface area contributed by atoms with Crippen LogP contribution < -0.4 is 0 Å². The number of carbonyl (C=O) groups is 1. The molecule has 0 radical (unpaired) electrons. The Bertz CT molecular complexity index is 442. The van der Waals surface area contributed by atoms with E-state index in [1.165, 1.54) is 0 Å². The highest BCUT2D eigenvalue weighted by molar-refractivity contribution is 5.93. The Hall–Kier alpha value is -1.49. The summed E-state index contributed by atoms with van der Waals surface area (Å²) in [4.78, 5) is 22.1. The van der Waals surface area contributed by atoms with Gasteiger partial charge in [0.2, 0.25) is 0 Å². The lowest BCUT2D eigenvalue weighted by Gasteiger charge is -2.41. The van der Waals surface area contributed by atoms with E-state index in [1.54, 1.807) is 24.2 Å². The quantitative estimate of drug-likeness (QED) is 0.807. The zero-order chi connectivity index (χ0) is 13.3. The van der Waals surface area contributed by atoms with Crippen LogP contribution in [0.15, 0.2) is 12.4 Å². The molecule has 0 unspecified atom stereocenters. The largest absolute Gasteiger partial charge is 0.390 e. The maximum atomic E-state index is 12.2. The molecular formula is C13H19N3O2. The van der Waals surface area contributed by atoms with Crippen molar-refractivity contribution in [2.24, 2.45) is 5.92 Å². The van der Waals surface area contributed by atoms with Gasteiger partial charge < -0.3 is 10.0 Å². The van der Waals surface area contributed by atoms with Crippen LogP contribution in [0.1, 0.15) is 36.5 Å². The molecule has 0 saturated carbocycles. The Kier molecular flexibility index (Phi) is 3.34. The Labute approximate surface area is 107 Å². The number of amides is 1. The first-order chi connectivity index (χ1) is 8.40. The number of aromatic nitrogens is 2. The molecule has 1 N–H and O–H groups in total. The fourth-order valence-corrected chi connectivity index (χ4v) is 2.10. The van der Waals surface area contributed by atoms with Crippen LogP contribution in [0, 0.1) is 12.8 Å². The van der Waals surface area contributed by atoms with Crippen LogP contribution in [-0.2, 0) is 0 Å². The van der Waals surface area contributed by atoms with Gasteiger partial charge in [-0.1, -0.05) is 6.92 Å². The smallest absolute Gasteiger partial charge is 0.257 e. The van der Waals surface area contributed by atoms with E-state index >= 15 is 0 Å². The average molecular weight is 249 g/mol. The molecule has 2 atom stereocenters. The Morgan fingerprint density at radius 2 is 2.11 bits per heavy atom. The molecule has 1 amide bonds. The van der Waals surface area contributed by atoms with Crippen molar-refractivity contribution in [2.45, 2.75) is 32.8 Å². The van der Waals surface area contributed by atoms with Gasteiger partial charge in [0, 0.05) is 31.4 Å². The van der Waals surface area contributed by atoms with E-state index in [-0.39, 0.29) is 11.8 Å². The zero-order valence-electron chi connectivity index (χ0n) is 11.1. The van der Waals surface area contributed by atoms with Crippen molar-refractivity contribution in [1.29, 1.82) is 0 Å². The maximum Gasteiger partial charge on any atom is 0.257 e. The van der Waals surface area contributed by atoms with Gasteiger partial charge in [-0.05, 0) is 20.3 Å². The number of likely N-dealkylation sites (tertiary alicyclic amines) is 1. The van der Waals surface area contributed by atoms with E-state index in [2.05, 4.69) is 9.97 Å². The molecule has 18 heavy (non-hydrogen) atoms. The van der Waals surface area contributed by atoms with Crippen molar-refractivity contribution in [3.63, 3.8) is 0 Å². The molecule has 1 aromatic rings. The Balaban J connectivity index is 2.09. The van der Waals surface area contributed by atoms with Gasteiger partial charge >= 0.3 is 0 Å². The predicted molar refractivity (Wildman–Crippen MR) is 67.1 cm³/mol. The van der Waals surface area contributed by atoms with Crippen LogP contribution in [0.3, 0.4) is 0 Å². The van der Waals surface area contributed by atoms with Crippen molar-refractivity contribution in [1.82, 2.24) is 14.9 Å². The summed E-state index contributed by atoms with van der Waals surface area (Å²) in [6, 6.07) is 0. The van der Waals surface area contributed by atoms with Gasteiger partial charge in [-0.3, -0.25) is 4.79 Å². The normalized spacial score (nSPS) is 28.2. The summed E-state index contributed by atoms with van der Waals surface area (Å²) in [5, 5.41) is 10.1. The van der Waals surface area contributed by atoms with E-state index in [0.717, 1.165) is 0 Å². The second kappa shape index (κ2) is 4.65. The first-order valence-electron chi connectivity index (χ1n) is 6.20.